The third kappa shape index (κ3) is 3.43. The second-order valence-electron chi connectivity index (χ2n) is 9.95. The Hall–Kier alpha value is -2.67. The van der Waals surface area contributed by atoms with Crippen LogP contribution in [-0.2, 0) is 10.3 Å². The summed E-state index contributed by atoms with van der Waals surface area (Å²) in [7, 11) is 0. The minimum Gasteiger partial charge on any atom is -0.355 e. The molecule has 4 aliphatic carbocycles. The minimum atomic E-state index is -0.328. The number of carbonyl (C=O) groups excluding carboxylic acids is 1. The van der Waals surface area contributed by atoms with Crippen LogP contribution < -0.4 is 10.6 Å². The van der Waals surface area contributed by atoms with Gasteiger partial charge in [0.25, 0.3) is 0 Å². The van der Waals surface area contributed by atoms with Crippen LogP contribution in [0.4, 0.5) is 17.1 Å². The van der Waals surface area contributed by atoms with E-state index in [-0.39, 0.29) is 16.9 Å². The molecule has 0 saturated heterocycles. The van der Waals surface area contributed by atoms with Crippen LogP contribution in [-0.4, -0.2) is 20.7 Å². The molecule has 2 N–H and O–H groups in total. The van der Waals surface area contributed by atoms with E-state index in [1.807, 2.05) is 65.6 Å². The molecule has 1 aromatic heterocycles. The van der Waals surface area contributed by atoms with Crippen LogP contribution in [0.2, 0.25) is 0 Å². The normalized spacial score (nSPS) is 30.3. The van der Waals surface area contributed by atoms with Gasteiger partial charge in [0.1, 0.15) is 6.33 Å². The van der Waals surface area contributed by atoms with Crippen molar-refractivity contribution in [2.45, 2.75) is 44.1 Å². The predicted octanol–water partition coefficient (Wildman–Crippen LogP) is 5.72. The number of rotatable bonds is 5. The average Bonchev–Trinajstić information content (AvgIpc) is 3.21. The van der Waals surface area contributed by atoms with Crippen molar-refractivity contribution in [2.24, 2.45) is 17.3 Å². The third-order valence-corrected chi connectivity index (χ3v) is 8.01. The van der Waals surface area contributed by atoms with Gasteiger partial charge in [-0.25, -0.2) is 9.67 Å². The summed E-state index contributed by atoms with van der Waals surface area (Å²) in [5, 5.41) is 11.3. The van der Waals surface area contributed by atoms with Crippen molar-refractivity contribution >= 4 is 38.9 Å². The average molecular weight is 492 g/mol. The number of nitrogens with one attached hydrogen (secondary N) is 2. The van der Waals surface area contributed by atoms with Gasteiger partial charge in [-0.1, -0.05) is 24.3 Å². The molecular formula is C25H26BrN5O. The van der Waals surface area contributed by atoms with Gasteiger partial charge < -0.3 is 10.6 Å². The Morgan fingerprint density at radius 1 is 0.969 bits per heavy atom. The number of benzene rings is 2. The maximum atomic E-state index is 13.7. The van der Waals surface area contributed by atoms with Gasteiger partial charge in [0.15, 0.2) is 0 Å². The van der Waals surface area contributed by atoms with Crippen LogP contribution in [0.15, 0.2) is 65.7 Å². The fourth-order valence-corrected chi connectivity index (χ4v) is 7.11. The van der Waals surface area contributed by atoms with E-state index in [4.69, 9.17) is 0 Å². The summed E-state index contributed by atoms with van der Waals surface area (Å²) in [5.41, 5.74) is 2.41. The van der Waals surface area contributed by atoms with Crippen molar-refractivity contribution in [3.8, 4) is 0 Å². The molecule has 4 atom stereocenters. The van der Waals surface area contributed by atoms with E-state index in [0.29, 0.717) is 16.6 Å². The lowest BCUT2D eigenvalue weighted by molar-refractivity contribution is -0.150. The van der Waals surface area contributed by atoms with Gasteiger partial charge in [-0.3, -0.25) is 4.79 Å². The Morgan fingerprint density at radius 3 is 2.41 bits per heavy atom. The van der Waals surface area contributed by atoms with Gasteiger partial charge in [0.2, 0.25) is 10.6 Å². The van der Waals surface area contributed by atoms with Gasteiger partial charge in [-0.05, 0) is 96.6 Å². The molecule has 1 heterocycles. The highest BCUT2D eigenvalue weighted by Crippen LogP contribution is 2.64. The van der Waals surface area contributed by atoms with Crippen LogP contribution in [0, 0.1) is 17.3 Å². The number of hydrogen-bond donors (Lipinski definition) is 2. The summed E-state index contributed by atoms with van der Waals surface area (Å²) in [5.74, 6) is 1.32. The molecule has 4 saturated carbocycles. The topological polar surface area (TPSA) is 71.8 Å². The Balaban J connectivity index is 1.24. The molecule has 32 heavy (non-hydrogen) atoms. The molecule has 6 nitrogen and oxygen atoms in total. The third-order valence-electron chi connectivity index (χ3n) is 7.64. The van der Waals surface area contributed by atoms with Crippen molar-refractivity contribution in [3.05, 3.63) is 65.7 Å². The Kier molecular flexibility index (Phi) is 4.64. The minimum absolute atomic E-state index is 0.0862. The van der Waals surface area contributed by atoms with E-state index in [9.17, 15) is 4.79 Å². The van der Waals surface area contributed by atoms with E-state index >= 15 is 0 Å². The number of halogens is 1. The summed E-state index contributed by atoms with van der Waals surface area (Å²) in [4.78, 5) is 18.0. The first-order chi connectivity index (χ1) is 15.5. The maximum absolute atomic E-state index is 13.7. The highest BCUT2D eigenvalue weighted by Gasteiger charge is 2.61. The van der Waals surface area contributed by atoms with Crippen molar-refractivity contribution in [3.63, 3.8) is 0 Å². The van der Waals surface area contributed by atoms with E-state index < -0.39 is 0 Å². The van der Waals surface area contributed by atoms with Gasteiger partial charge in [-0.15, -0.1) is 5.10 Å². The Labute approximate surface area is 195 Å². The standard InChI is InChI=1S/C25H26BrN5O/c26-23-27-16-31(30-23)25-13-17-9-18(14-25)12-24(11-17,15-25)22(32)29-21-8-4-7-20(10-21)28-19-5-2-1-3-6-19/h1-8,10,16-18,28H,9,11-15H2,(H,29,32)/t17-,18+,24?,25?. The highest BCUT2D eigenvalue weighted by molar-refractivity contribution is 9.10. The second-order valence-corrected chi connectivity index (χ2v) is 10.7. The van der Waals surface area contributed by atoms with Gasteiger partial charge in [-0.2, -0.15) is 0 Å². The zero-order valence-electron chi connectivity index (χ0n) is 17.8. The molecule has 0 aliphatic heterocycles. The van der Waals surface area contributed by atoms with E-state index in [1.165, 1.54) is 6.42 Å². The summed E-state index contributed by atoms with van der Waals surface area (Å²) in [6, 6.07) is 18.0. The Bertz CT molecular complexity index is 1150. The largest absolute Gasteiger partial charge is 0.355 e. The monoisotopic (exact) mass is 491 g/mol. The van der Waals surface area contributed by atoms with Crippen LogP contribution in [0.1, 0.15) is 38.5 Å². The first kappa shape index (κ1) is 20.0. The van der Waals surface area contributed by atoms with Gasteiger partial charge >= 0.3 is 0 Å². The first-order valence-electron chi connectivity index (χ1n) is 11.3. The zero-order chi connectivity index (χ0) is 21.8. The maximum Gasteiger partial charge on any atom is 0.230 e. The lowest BCUT2D eigenvalue weighted by atomic mass is 9.46. The fraction of sp³-hybridized carbons (Fsp3) is 0.400. The number of carbonyl (C=O) groups is 1. The summed E-state index contributed by atoms with van der Waals surface area (Å²) < 4.78 is 2.66. The van der Waals surface area contributed by atoms with Crippen molar-refractivity contribution < 1.29 is 4.79 Å². The van der Waals surface area contributed by atoms with Gasteiger partial charge in [0, 0.05) is 17.1 Å². The SMILES string of the molecule is O=C(Nc1cccc(Nc2ccccc2)c1)C12C[C@H]3C[C@@H](C1)CC(n1cnc(Br)n1)(C3)C2. The molecule has 164 valence electrons. The fourth-order valence-electron chi connectivity index (χ4n) is 6.85. The molecule has 1 amide bonds. The molecular weight excluding hydrogens is 466 g/mol. The summed E-state index contributed by atoms with van der Waals surface area (Å²) in [6.07, 6.45) is 8.08. The molecule has 0 spiro atoms. The van der Waals surface area contributed by atoms with Crippen LogP contribution in [0.25, 0.3) is 0 Å². The van der Waals surface area contributed by atoms with Crippen molar-refractivity contribution in [2.75, 3.05) is 10.6 Å². The van der Waals surface area contributed by atoms with E-state index in [0.717, 1.165) is 49.2 Å². The molecule has 4 bridgehead atoms. The number of para-hydroxylation sites is 1. The molecule has 2 aromatic carbocycles. The molecule has 4 fully saturated rings. The van der Waals surface area contributed by atoms with Crippen LogP contribution >= 0.6 is 15.9 Å². The predicted molar refractivity (Wildman–Crippen MR) is 128 cm³/mol. The van der Waals surface area contributed by atoms with E-state index in [1.54, 1.807) is 0 Å². The van der Waals surface area contributed by atoms with Crippen molar-refractivity contribution in [1.29, 1.82) is 0 Å². The molecule has 2 unspecified atom stereocenters. The lowest BCUT2D eigenvalue weighted by Gasteiger charge is -2.60. The van der Waals surface area contributed by atoms with Crippen molar-refractivity contribution in [1.82, 2.24) is 14.8 Å². The molecule has 4 aliphatic rings. The Morgan fingerprint density at radius 2 is 1.69 bits per heavy atom. The smallest absolute Gasteiger partial charge is 0.230 e. The zero-order valence-corrected chi connectivity index (χ0v) is 19.4. The first-order valence-corrected chi connectivity index (χ1v) is 12.1. The number of hydrogen-bond acceptors (Lipinski definition) is 4. The quantitative estimate of drug-likeness (QED) is 0.478. The molecule has 7 heteroatoms. The van der Waals surface area contributed by atoms with Crippen LogP contribution in [0.3, 0.4) is 0 Å². The lowest BCUT2D eigenvalue weighted by Crippen LogP contribution is -2.60. The number of anilines is 3. The van der Waals surface area contributed by atoms with Crippen LogP contribution in [0.5, 0.6) is 0 Å². The second kappa shape index (κ2) is 7.44. The number of aromatic nitrogens is 3. The number of amides is 1. The summed E-state index contributed by atoms with van der Waals surface area (Å²) >= 11 is 3.40. The molecule has 7 rings (SSSR count). The summed E-state index contributed by atoms with van der Waals surface area (Å²) in [6.45, 7) is 0. The molecule has 0 radical (unpaired) electrons. The van der Waals surface area contributed by atoms with E-state index in [2.05, 4.69) is 36.6 Å². The highest BCUT2D eigenvalue weighted by atomic mass is 79.9. The number of nitrogens with zero attached hydrogens (tertiary/aromatic N) is 3. The van der Waals surface area contributed by atoms with Gasteiger partial charge in [0.05, 0.1) is 11.0 Å². The molecule has 3 aromatic rings.